The maximum Gasteiger partial charge on any atom is 0.220 e. The number of hydrogen-bond acceptors (Lipinski definition) is 3. The fraction of sp³-hybridized carbons (Fsp3) is 0.333. The molecule has 0 aliphatic heterocycles. The Hall–Kier alpha value is -2.34. The molecule has 27 heavy (non-hydrogen) atoms. The SMILES string of the molecule is Cc1nc2ccccc2n1CCCNC(=O)CCCOc1ccccc1Br. The molecular formula is C21H24BrN3O2. The van der Waals surface area contributed by atoms with Crippen LogP contribution < -0.4 is 10.1 Å². The van der Waals surface area contributed by atoms with E-state index in [0.717, 1.165) is 40.0 Å². The molecule has 0 spiro atoms. The summed E-state index contributed by atoms with van der Waals surface area (Å²) in [7, 11) is 0. The third-order valence-corrected chi connectivity index (χ3v) is 5.02. The third-order valence-electron chi connectivity index (χ3n) is 4.37. The molecular weight excluding hydrogens is 406 g/mol. The number of imidazole rings is 1. The smallest absolute Gasteiger partial charge is 0.220 e. The first-order chi connectivity index (χ1) is 13.1. The van der Waals surface area contributed by atoms with Gasteiger partial charge in [0.2, 0.25) is 5.91 Å². The Bertz CT molecular complexity index is 907. The van der Waals surface area contributed by atoms with Gasteiger partial charge in [0.25, 0.3) is 0 Å². The predicted molar refractivity (Wildman–Crippen MR) is 111 cm³/mol. The molecule has 6 heteroatoms. The molecule has 0 fully saturated rings. The van der Waals surface area contributed by atoms with Gasteiger partial charge in [0.05, 0.1) is 22.1 Å². The first-order valence-corrected chi connectivity index (χ1v) is 10.0. The predicted octanol–water partition coefficient (Wildman–Crippen LogP) is 4.47. The lowest BCUT2D eigenvalue weighted by Gasteiger charge is -2.09. The summed E-state index contributed by atoms with van der Waals surface area (Å²) in [5.41, 5.74) is 2.16. The lowest BCUT2D eigenvalue weighted by atomic mass is 10.3. The molecule has 1 amide bonds. The Balaban J connectivity index is 1.34. The van der Waals surface area contributed by atoms with Gasteiger partial charge in [0, 0.05) is 19.5 Å². The topological polar surface area (TPSA) is 56.2 Å². The van der Waals surface area contributed by atoms with Gasteiger partial charge < -0.3 is 14.6 Å². The number of aromatic nitrogens is 2. The molecule has 0 aliphatic rings. The van der Waals surface area contributed by atoms with E-state index in [9.17, 15) is 4.79 Å². The number of carbonyl (C=O) groups excluding carboxylic acids is 1. The van der Waals surface area contributed by atoms with Crippen LogP contribution in [0.4, 0.5) is 0 Å². The Morgan fingerprint density at radius 1 is 1.15 bits per heavy atom. The van der Waals surface area contributed by atoms with Crippen LogP contribution in [0.15, 0.2) is 53.0 Å². The zero-order chi connectivity index (χ0) is 19.1. The van der Waals surface area contributed by atoms with Crippen molar-refractivity contribution in [3.05, 3.63) is 58.8 Å². The van der Waals surface area contributed by atoms with E-state index < -0.39 is 0 Å². The number of amides is 1. The molecule has 0 radical (unpaired) electrons. The van der Waals surface area contributed by atoms with Crippen molar-refractivity contribution in [1.82, 2.24) is 14.9 Å². The van der Waals surface area contributed by atoms with Crippen LogP contribution in [0.25, 0.3) is 11.0 Å². The Labute approximate surface area is 167 Å². The van der Waals surface area contributed by atoms with Gasteiger partial charge in [-0.05, 0) is 60.0 Å². The summed E-state index contributed by atoms with van der Waals surface area (Å²) >= 11 is 3.45. The summed E-state index contributed by atoms with van der Waals surface area (Å²) in [5.74, 6) is 1.88. The molecule has 3 aromatic rings. The van der Waals surface area contributed by atoms with Crippen molar-refractivity contribution in [3.8, 4) is 5.75 Å². The molecule has 1 heterocycles. The Kier molecular flexibility index (Phi) is 6.87. The highest BCUT2D eigenvalue weighted by Gasteiger charge is 2.07. The average Bonchev–Trinajstić information content (AvgIpc) is 2.99. The van der Waals surface area contributed by atoms with E-state index in [1.165, 1.54) is 0 Å². The molecule has 0 aliphatic carbocycles. The molecule has 0 bridgehead atoms. The first kappa shape index (κ1) is 19.4. The van der Waals surface area contributed by atoms with Crippen molar-refractivity contribution >= 4 is 32.9 Å². The fourth-order valence-corrected chi connectivity index (χ4v) is 3.41. The van der Waals surface area contributed by atoms with Crippen LogP contribution >= 0.6 is 15.9 Å². The number of fused-ring (bicyclic) bond motifs is 1. The number of nitrogens with zero attached hydrogens (tertiary/aromatic N) is 2. The van der Waals surface area contributed by atoms with E-state index in [2.05, 4.69) is 36.9 Å². The largest absolute Gasteiger partial charge is 0.492 e. The number of para-hydroxylation sites is 3. The van der Waals surface area contributed by atoms with Crippen molar-refractivity contribution in [3.63, 3.8) is 0 Å². The maximum absolute atomic E-state index is 12.0. The van der Waals surface area contributed by atoms with Crippen molar-refractivity contribution < 1.29 is 9.53 Å². The quantitative estimate of drug-likeness (QED) is 0.510. The highest BCUT2D eigenvalue weighted by Crippen LogP contribution is 2.23. The Morgan fingerprint density at radius 2 is 1.93 bits per heavy atom. The van der Waals surface area contributed by atoms with Crippen LogP contribution in [0, 0.1) is 6.92 Å². The molecule has 0 unspecified atom stereocenters. The second-order valence-corrected chi connectivity index (χ2v) is 7.24. The summed E-state index contributed by atoms with van der Waals surface area (Å²) in [6.07, 6.45) is 2.04. The van der Waals surface area contributed by atoms with Crippen LogP contribution in [-0.2, 0) is 11.3 Å². The molecule has 5 nitrogen and oxygen atoms in total. The Morgan fingerprint density at radius 3 is 2.78 bits per heavy atom. The third kappa shape index (κ3) is 5.32. The van der Waals surface area contributed by atoms with Crippen LogP contribution in [0.3, 0.4) is 0 Å². The molecule has 142 valence electrons. The van der Waals surface area contributed by atoms with Gasteiger partial charge in [-0.3, -0.25) is 4.79 Å². The van der Waals surface area contributed by atoms with Gasteiger partial charge >= 0.3 is 0 Å². The highest BCUT2D eigenvalue weighted by molar-refractivity contribution is 9.10. The molecule has 0 saturated heterocycles. The van der Waals surface area contributed by atoms with Gasteiger partial charge in [-0.25, -0.2) is 4.98 Å². The highest BCUT2D eigenvalue weighted by atomic mass is 79.9. The monoisotopic (exact) mass is 429 g/mol. The van der Waals surface area contributed by atoms with Crippen molar-refractivity contribution in [2.75, 3.05) is 13.2 Å². The minimum Gasteiger partial charge on any atom is -0.492 e. The van der Waals surface area contributed by atoms with E-state index in [1.807, 2.05) is 49.4 Å². The van der Waals surface area contributed by atoms with Gasteiger partial charge in [-0.15, -0.1) is 0 Å². The number of aryl methyl sites for hydroxylation is 2. The summed E-state index contributed by atoms with van der Waals surface area (Å²) < 4.78 is 8.81. The summed E-state index contributed by atoms with van der Waals surface area (Å²) in [6.45, 7) is 4.05. The minimum absolute atomic E-state index is 0.0675. The molecule has 1 aromatic heterocycles. The second-order valence-electron chi connectivity index (χ2n) is 6.39. The molecule has 2 aromatic carbocycles. The summed E-state index contributed by atoms with van der Waals surface area (Å²) in [6, 6.07) is 15.8. The molecule has 1 N–H and O–H groups in total. The summed E-state index contributed by atoms with van der Waals surface area (Å²) in [4.78, 5) is 16.5. The molecule has 3 rings (SSSR count). The molecule has 0 saturated carbocycles. The standard InChI is InChI=1S/C21H24BrN3O2/c1-16-24-18-9-3-4-10-19(18)25(16)14-7-13-23-21(26)12-6-15-27-20-11-5-2-8-17(20)22/h2-5,8-11H,6-7,12-15H2,1H3,(H,23,26). The van der Waals surface area contributed by atoms with Crippen molar-refractivity contribution in [2.24, 2.45) is 0 Å². The maximum atomic E-state index is 12.0. The fourth-order valence-electron chi connectivity index (χ4n) is 3.01. The first-order valence-electron chi connectivity index (χ1n) is 9.21. The van der Waals surface area contributed by atoms with Crippen LogP contribution in [-0.4, -0.2) is 28.6 Å². The van der Waals surface area contributed by atoms with Gasteiger partial charge in [0.1, 0.15) is 11.6 Å². The van der Waals surface area contributed by atoms with Gasteiger partial charge in [-0.2, -0.15) is 0 Å². The van der Waals surface area contributed by atoms with Gasteiger partial charge in [-0.1, -0.05) is 24.3 Å². The average molecular weight is 430 g/mol. The van der Waals surface area contributed by atoms with E-state index >= 15 is 0 Å². The summed E-state index contributed by atoms with van der Waals surface area (Å²) in [5, 5.41) is 2.99. The number of rotatable bonds is 9. The van der Waals surface area contributed by atoms with Crippen molar-refractivity contribution in [1.29, 1.82) is 0 Å². The van der Waals surface area contributed by atoms with Gasteiger partial charge in [0.15, 0.2) is 0 Å². The van der Waals surface area contributed by atoms with Crippen LogP contribution in [0.2, 0.25) is 0 Å². The van der Waals surface area contributed by atoms with E-state index in [-0.39, 0.29) is 5.91 Å². The number of hydrogen-bond donors (Lipinski definition) is 1. The lowest BCUT2D eigenvalue weighted by Crippen LogP contribution is -2.25. The number of benzene rings is 2. The number of ether oxygens (including phenoxy) is 1. The number of carbonyl (C=O) groups is 1. The zero-order valence-electron chi connectivity index (χ0n) is 15.5. The number of halogens is 1. The number of nitrogens with one attached hydrogen (secondary N) is 1. The van der Waals surface area contributed by atoms with E-state index in [1.54, 1.807) is 0 Å². The van der Waals surface area contributed by atoms with E-state index in [0.29, 0.717) is 26.0 Å². The van der Waals surface area contributed by atoms with Crippen LogP contribution in [0.1, 0.15) is 25.1 Å². The lowest BCUT2D eigenvalue weighted by molar-refractivity contribution is -0.121. The minimum atomic E-state index is 0.0675. The zero-order valence-corrected chi connectivity index (χ0v) is 17.0. The van der Waals surface area contributed by atoms with E-state index in [4.69, 9.17) is 4.74 Å². The van der Waals surface area contributed by atoms with Crippen LogP contribution in [0.5, 0.6) is 5.75 Å². The normalized spacial score (nSPS) is 10.9. The van der Waals surface area contributed by atoms with Crippen molar-refractivity contribution in [2.45, 2.75) is 32.7 Å². The molecule has 0 atom stereocenters. The second kappa shape index (κ2) is 9.55.